The van der Waals surface area contributed by atoms with E-state index in [9.17, 15) is 4.79 Å². The third-order valence-electron chi connectivity index (χ3n) is 2.32. The smallest absolute Gasteiger partial charge is 0.220 e. The van der Waals surface area contributed by atoms with Crippen molar-refractivity contribution in [1.82, 2.24) is 14.9 Å². The standard InChI is InChI=1S/C11H19N3O2/c1-9(15)8-13-11(16)4-3-6-14-7-5-12-10(14)2/h5,7,9,15H,3-4,6,8H2,1-2H3,(H,13,16). The predicted molar refractivity (Wildman–Crippen MR) is 60.9 cm³/mol. The number of aliphatic hydroxyl groups is 1. The van der Waals surface area contributed by atoms with Gasteiger partial charge in [-0.1, -0.05) is 0 Å². The Morgan fingerprint density at radius 2 is 2.44 bits per heavy atom. The first kappa shape index (κ1) is 12.7. The van der Waals surface area contributed by atoms with Gasteiger partial charge in [0.05, 0.1) is 6.10 Å². The van der Waals surface area contributed by atoms with Crippen molar-refractivity contribution in [2.24, 2.45) is 0 Å². The van der Waals surface area contributed by atoms with Crippen molar-refractivity contribution in [3.8, 4) is 0 Å². The normalized spacial score (nSPS) is 12.4. The van der Waals surface area contributed by atoms with Crippen molar-refractivity contribution in [2.75, 3.05) is 6.54 Å². The molecule has 0 aliphatic carbocycles. The molecule has 1 heterocycles. The molecule has 1 amide bonds. The molecule has 0 saturated carbocycles. The maximum Gasteiger partial charge on any atom is 0.220 e. The zero-order chi connectivity index (χ0) is 12.0. The Morgan fingerprint density at radius 1 is 1.69 bits per heavy atom. The van der Waals surface area contributed by atoms with Gasteiger partial charge in [-0.15, -0.1) is 0 Å². The molecule has 0 aliphatic heterocycles. The highest BCUT2D eigenvalue weighted by Gasteiger charge is 2.03. The lowest BCUT2D eigenvalue weighted by atomic mass is 10.3. The Hall–Kier alpha value is -1.36. The molecule has 16 heavy (non-hydrogen) atoms. The van der Waals surface area contributed by atoms with E-state index < -0.39 is 6.10 Å². The van der Waals surface area contributed by atoms with Gasteiger partial charge in [0.25, 0.3) is 0 Å². The largest absolute Gasteiger partial charge is 0.392 e. The molecule has 0 spiro atoms. The van der Waals surface area contributed by atoms with Gasteiger partial charge in [-0.25, -0.2) is 4.98 Å². The second-order valence-corrected chi connectivity index (χ2v) is 3.92. The molecule has 0 aromatic carbocycles. The lowest BCUT2D eigenvalue weighted by Gasteiger charge is -2.07. The fourth-order valence-corrected chi connectivity index (χ4v) is 1.40. The highest BCUT2D eigenvalue weighted by atomic mass is 16.3. The Bertz CT molecular complexity index is 334. The summed E-state index contributed by atoms with van der Waals surface area (Å²) in [5.41, 5.74) is 0. The summed E-state index contributed by atoms with van der Waals surface area (Å²) < 4.78 is 2.02. The zero-order valence-corrected chi connectivity index (χ0v) is 9.81. The van der Waals surface area contributed by atoms with Crippen LogP contribution in [0.25, 0.3) is 0 Å². The fraction of sp³-hybridized carbons (Fsp3) is 0.636. The van der Waals surface area contributed by atoms with E-state index >= 15 is 0 Å². The number of nitrogens with one attached hydrogen (secondary N) is 1. The van der Waals surface area contributed by atoms with Gasteiger partial charge in [-0.05, 0) is 20.3 Å². The minimum Gasteiger partial charge on any atom is -0.392 e. The molecule has 1 rings (SSSR count). The van der Waals surface area contributed by atoms with Crippen molar-refractivity contribution >= 4 is 5.91 Å². The minimum atomic E-state index is -0.486. The lowest BCUT2D eigenvalue weighted by molar-refractivity contribution is -0.121. The summed E-state index contributed by atoms with van der Waals surface area (Å²) in [4.78, 5) is 15.4. The monoisotopic (exact) mass is 225 g/mol. The van der Waals surface area contributed by atoms with Crippen LogP contribution in [0.4, 0.5) is 0 Å². The number of carbonyl (C=O) groups excluding carboxylic acids is 1. The van der Waals surface area contributed by atoms with Gasteiger partial charge < -0.3 is 15.0 Å². The number of hydrogen-bond acceptors (Lipinski definition) is 3. The van der Waals surface area contributed by atoms with Crippen LogP contribution in [0.2, 0.25) is 0 Å². The zero-order valence-electron chi connectivity index (χ0n) is 9.81. The van der Waals surface area contributed by atoms with Crippen molar-refractivity contribution in [1.29, 1.82) is 0 Å². The molecule has 1 atom stereocenters. The van der Waals surface area contributed by atoms with Crippen LogP contribution in [-0.2, 0) is 11.3 Å². The van der Waals surface area contributed by atoms with Crippen LogP contribution < -0.4 is 5.32 Å². The van der Waals surface area contributed by atoms with Crippen LogP contribution >= 0.6 is 0 Å². The van der Waals surface area contributed by atoms with Crippen LogP contribution in [0.1, 0.15) is 25.6 Å². The molecule has 90 valence electrons. The third kappa shape index (κ3) is 4.44. The molecule has 1 aromatic rings. The number of aliphatic hydroxyl groups excluding tert-OH is 1. The van der Waals surface area contributed by atoms with Gasteiger partial charge in [0.15, 0.2) is 0 Å². The van der Waals surface area contributed by atoms with Gasteiger partial charge in [0.2, 0.25) is 5.91 Å². The average Bonchev–Trinajstić information content (AvgIpc) is 2.61. The van der Waals surface area contributed by atoms with E-state index in [1.807, 2.05) is 17.7 Å². The molecule has 1 aromatic heterocycles. The molecule has 5 nitrogen and oxygen atoms in total. The van der Waals surface area contributed by atoms with Gasteiger partial charge >= 0.3 is 0 Å². The number of aryl methyl sites for hydroxylation is 2. The third-order valence-corrected chi connectivity index (χ3v) is 2.32. The maximum atomic E-state index is 11.3. The van der Waals surface area contributed by atoms with E-state index in [2.05, 4.69) is 10.3 Å². The highest BCUT2D eigenvalue weighted by Crippen LogP contribution is 1.99. The molecular weight excluding hydrogens is 206 g/mol. The number of aromatic nitrogens is 2. The molecule has 5 heteroatoms. The van der Waals surface area contributed by atoms with E-state index in [1.165, 1.54) is 0 Å². The summed E-state index contributed by atoms with van der Waals surface area (Å²) in [5.74, 6) is 0.947. The summed E-state index contributed by atoms with van der Waals surface area (Å²) in [7, 11) is 0. The van der Waals surface area contributed by atoms with Crippen LogP contribution in [-0.4, -0.2) is 33.2 Å². The van der Waals surface area contributed by atoms with Crippen LogP contribution in [0.3, 0.4) is 0 Å². The van der Waals surface area contributed by atoms with Gasteiger partial charge in [0, 0.05) is 31.9 Å². The van der Waals surface area contributed by atoms with Crippen LogP contribution in [0, 0.1) is 6.92 Å². The summed E-state index contributed by atoms with van der Waals surface area (Å²) in [5, 5.41) is 11.6. The van der Waals surface area contributed by atoms with E-state index in [1.54, 1.807) is 13.1 Å². The molecule has 0 radical (unpaired) electrons. The van der Waals surface area contributed by atoms with Crippen molar-refractivity contribution in [3.63, 3.8) is 0 Å². The van der Waals surface area contributed by atoms with E-state index in [0.29, 0.717) is 13.0 Å². The Labute approximate surface area is 95.5 Å². The first-order chi connectivity index (χ1) is 7.59. The van der Waals surface area contributed by atoms with Crippen molar-refractivity contribution < 1.29 is 9.90 Å². The SMILES string of the molecule is Cc1nccn1CCCC(=O)NCC(C)O. The van der Waals surface area contributed by atoms with Crippen LogP contribution in [0.5, 0.6) is 0 Å². The summed E-state index contributed by atoms with van der Waals surface area (Å²) in [6.07, 6.45) is 4.43. The first-order valence-electron chi connectivity index (χ1n) is 5.52. The maximum absolute atomic E-state index is 11.3. The molecule has 0 bridgehead atoms. The number of hydrogen-bond donors (Lipinski definition) is 2. The Kier molecular flexibility index (Phi) is 4.98. The van der Waals surface area contributed by atoms with Gasteiger partial charge in [0.1, 0.15) is 5.82 Å². The van der Waals surface area contributed by atoms with Gasteiger partial charge in [-0.3, -0.25) is 4.79 Å². The minimum absolute atomic E-state index is 0.0151. The summed E-state index contributed by atoms with van der Waals surface area (Å²) in [6, 6.07) is 0. The number of nitrogens with zero attached hydrogens (tertiary/aromatic N) is 2. The molecular formula is C11H19N3O2. The number of imidazole rings is 1. The molecule has 0 fully saturated rings. The van der Waals surface area contributed by atoms with Crippen LogP contribution in [0.15, 0.2) is 12.4 Å². The van der Waals surface area contributed by atoms with Crippen molar-refractivity contribution in [2.45, 2.75) is 39.3 Å². The predicted octanol–water partition coefficient (Wildman–Crippen LogP) is 0.469. The molecule has 2 N–H and O–H groups in total. The highest BCUT2D eigenvalue weighted by molar-refractivity contribution is 5.75. The Balaban J connectivity index is 2.16. The molecule has 0 aliphatic rings. The molecule has 1 unspecified atom stereocenters. The Morgan fingerprint density at radius 3 is 3.00 bits per heavy atom. The topological polar surface area (TPSA) is 67.2 Å². The summed E-state index contributed by atoms with van der Waals surface area (Å²) in [6.45, 7) is 4.71. The second kappa shape index (κ2) is 6.27. The van der Waals surface area contributed by atoms with E-state index in [4.69, 9.17) is 5.11 Å². The average molecular weight is 225 g/mol. The van der Waals surface area contributed by atoms with E-state index in [0.717, 1.165) is 18.8 Å². The second-order valence-electron chi connectivity index (χ2n) is 3.92. The summed E-state index contributed by atoms with van der Waals surface area (Å²) >= 11 is 0. The number of rotatable bonds is 6. The van der Waals surface area contributed by atoms with E-state index in [-0.39, 0.29) is 5.91 Å². The number of amides is 1. The first-order valence-corrected chi connectivity index (χ1v) is 5.52. The lowest BCUT2D eigenvalue weighted by Crippen LogP contribution is -2.30. The fourth-order valence-electron chi connectivity index (χ4n) is 1.40. The quantitative estimate of drug-likeness (QED) is 0.739. The van der Waals surface area contributed by atoms with Gasteiger partial charge in [-0.2, -0.15) is 0 Å². The molecule has 0 saturated heterocycles. The van der Waals surface area contributed by atoms with Crippen molar-refractivity contribution in [3.05, 3.63) is 18.2 Å². The number of carbonyl (C=O) groups is 1.